The number of para-hydroxylation sites is 2. The van der Waals surface area contributed by atoms with Gasteiger partial charge in [0.05, 0.1) is 12.2 Å². The maximum absolute atomic E-state index is 6.04. The van der Waals surface area contributed by atoms with Crippen LogP contribution in [0.3, 0.4) is 0 Å². The number of piperidine rings is 1. The van der Waals surface area contributed by atoms with E-state index in [1.165, 1.54) is 25.1 Å². The number of nitrogens with zero attached hydrogens (tertiary/aromatic N) is 1. The molecule has 0 radical (unpaired) electrons. The van der Waals surface area contributed by atoms with Gasteiger partial charge in [0.15, 0.2) is 0 Å². The number of anilines is 1. The highest BCUT2D eigenvalue weighted by atomic mass is 35.5. The van der Waals surface area contributed by atoms with Crippen molar-refractivity contribution in [1.29, 1.82) is 0 Å². The number of ether oxygens (including phenoxy) is 1. The Hall–Kier alpha value is -0.930. The molecule has 3 nitrogen and oxygen atoms in total. The lowest BCUT2D eigenvalue weighted by Crippen LogP contribution is -2.44. The molecule has 4 heteroatoms. The van der Waals surface area contributed by atoms with Crippen molar-refractivity contribution >= 4 is 18.1 Å². The van der Waals surface area contributed by atoms with Gasteiger partial charge >= 0.3 is 0 Å². The molecule has 2 atom stereocenters. The first-order chi connectivity index (χ1) is 9.36. The molecule has 1 N–H and O–H groups in total. The molecule has 112 valence electrons. The first-order valence-corrected chi connectivity index (χ1v) is 7.58. The lowest BCUT2D eigenvalue weighted by Gasteiger charge is -2.38. The van der Waals surface area contributed by atoms with Crippen LogP contribution in [-0.2, 0) is 0 Å². The van der Waals surface area contributed by atoms with Gasteiger partial charge in [0.2, 0.25) is 0 Å². The maximum Gasteiger partial charge on any atom is 0.143 e. The number of halogens is 1. The number of hydrogen-bond acceptors (Lipinski definition) is 3. The van der Waals surface area contributed by atoms with E-state index >= 15 is 0 Å². The Bertz CT molecular complexity index is 421. The average Bonchev–Trinajstić information content (AvgIpc) is 2.48. The standard InChI is InChI=1S/C16H24N2O.ClH/c1-2-14-12-18(11-13-6-5-9-17-10-13)15-7-3-4-8-16(15)19-14;/h3-4,7-8,13-14,17H,2,5-6,9-12H2,1H3;1H. The minimum absolute atomic E-state index is 0. The Morgan fingerprint density at radius 1 is 1.35 bits per heavy atom. The molecule has 1 fully saturated rings. The molecule has 20 heavy (non-hydrogen) atoms. The first-order valence-electron chi connectivity index (χ1n) is 7.58. The summed E-state index contributed by atoms with van der Waals surface area (Å²) in [6, 6.07) is 8.47. The van der Waals surface area contributed by atoms with E-state index in [0.717, 1.165) is 37.7 Å². The Labute approximate surface area is 128 Å². The smallest absolute Gasteiger partial charge is 0.143 e. The summed E-state index contributed by atoms with van der Waals surface area (Å²) in [6.45, 7) is 6.75. The highest BCUT2D eigenvalue weighted by molar-refractivity contribution is 5.85. The Morgan fingerprint density at radius 2 is 2.20 bits per heavy atom. The third-order valence-electron chi connectivity index (χ3n) is 4.26. The van der Waals surface area contributed by atoms with Crippen LogP contribution in [0, 0.1) is 5.92 Å². The zero-order valence-corrected chi connectivity index (χ0v) is 13.0. The largest absolute Gasteiger partial charge is 0.486 e. The summed E-state index contributed by atoms with van der Waals surface area (Å²) in [4.78, 5) is 2.53. The van der Waals surface area contributed by atoms with E-state index in [2.05, 4.69) is 41.4 Å². The van der Waals surface area contributed by atoms with E-state index in [4.69, 9.17) is 4.74 Å². The number of nitrogens with one attached hydrogen (secondary N) is 1. The summed E-state index contributed by atoms with van der Waals surface area (Å²) < 4.78 is 6.04. The molecule has 1 aromatic carbocycles. The quantitative estimate of drug-likeness (QED) is 0.928. The Balaban J connectivity index is 0.00000147. The summed E-state index contributed by atoms with van der Waals surface area (Å²) in [5.41, 5.74) is 1.28. The van der Waals surface area contributed by atoms with Gasteiger partial charge < -0.3 is 15.0 Å². The predicted octanol–water partition coefficient (Wildman–Crippen LogP) is 3.09. The van der Waals surface area contributed by atoms with Crippen LogP contribution < -0.4 is 15.0 Å². The van der Waals surface area contributed by atoms with Crippen LogP contribution in [0.25, 0.3) is 0 Å². The van der Waals surface area contributed by atoms with Gasteiger partial charge in [-0.1, -0.05) is 19.1 Å². The molecule has 3 rings (SSSR count). The van der Waals surface area contributed by atoms with Crippen molar-refractivity contribution in [3.63, 3.8) is 0 Å². The molecule has 1 saturated heterocycles. The van der Waals surface area contributed by atoms with E-state index in [9.17, 15) is 0 Å². The fourth-order valence-corrected chi connectivity index (χ4v) is 3.16. The second kappa shape index (κ2) is 7.19. The molecular formula is C16H25ClN2O. The molecule has 2 aliphatic rings. The molecule has 2 aliphatic heterocycles. The lowest BCUT2D eigenvalue weighted by atomic mass is 9.98. The third-order valence-corrected chi connectivity index (χ3v) is 4.26. The molecular weight excluding hydrogens is 272 g/mol. The Kier molecular flexibility index (Phi) is 5.55. The zero-order valence-electron chi connectivity index (χ0n) is 12.2. The van der Waals surface area contributed by atoms with Gasteiger partial charge in [-0.05, 0) is 50.4 Å². The van der Waals surface area contributed by atoms with Crippen LogP contribution in [0.4, 0.5) is 5.69 Å². The van der Waals surface area contributed by atoms with Crippen LogP contribution in [-0.4, -0.2) is 32.3 Å². The number of benzene rings is 1. The molecule has 0 saturated carbocycles. The predicted molar refractivity (Wildman–Crippen MR) is 86.2 cm³/mol. The minimum atomic E-state index is 0. The summed E-state index contributed by atoms with van der Waals surface area (Å²) in [5.74, 6) is 1.83. The average molecular weight is 297 g/mol. The van der Waals surface area contributed by atoms with Crippen molar-refractivity contribution in [2.45, 2.75) is 32.3 Å². The van der Waals surface area contributed by atoms with E-state index in [1.54, 1.807) is 0 Å². The SMILES string of the molecule is CCC1CN(CC2CCCNC2)c2ccccc2O1.Cl. The summed E-state index contributed by atoms with van der Waals surface area (Å²) >= 11 is 0. The monoisotopic (exact) mass is 296 g/mol. The van der Waals surface area contributed by atoms with Crippen molar-refractivity contribution in [2.24, 2.45) is 5.92 Å². The van der Waals surface area contributed by atoms with Crippen LogP contribution in [0.5, 0.6) is 5.75 Å². The van der Waals surface area contributed by atoms with E-state index in [1.807, 2.05) is 0 Å². The second-order valence-electron chi connectivity index (χ2n) is 5.73. The summed E-state index contributed by atoms with van der Waals surface area (Å²) in [6.07, 6.45) is 4.08. The number of fused-ring (bicyclic) bond motifs is 1. The minimum Gasteiger partial charge on any atom is -0.486 e. The van der Waals surface area contributed by atoms with Gasteiger partial charge in [-0.2, -0.15) is 0 Å². The topological polar surface area (TPSA) is 24.5 Å². The summed E-state index contributed by atoms with van der Waals surface area (Å²) in [7, 11) is 0. The van der Waals surface area contributed by atoms with Crippen molar-refractivity contribution in [3.8, 4) is 5.75 Å². The molecule has 0 aromatic heterocycles. The molecule has 2 heterocycles. The molecule has 1 aromatic rings. The molecule has 0 amide bonds. The maximum atomic E-state index is 6.04. The number of rotatable bonds is 3. The lowest BCUT2D eigenvalue weighted by molar-refractivity contribution is 0.186. The normalized spacial score (nSPS) is 25.4. The van der Waals surface area contributed by atoms with Crippen molar-refractivity contribution in [3.05, 3.63) is 24.3 Å². The van der Waals surface area contributed by atoms with Crippen LogP contribution in [0.1, 0.15) is 26.2 Å². The highest BCUT2D eigenvalue weighted by Crippen LogP contribution is 2.34. The summed E-state index contributed by atoms with van der Waals surface area (Å²) in [5, 5.41) is 3.52. The zero-order chi connectivity index (χ0) is 13.1. The second-order valence-corrected chi connectivity index (χ2v) is 5.73. The molecule has 0 bridgehead atoms. The fourth-order valence-electron chi connectivity index (χ4n) is 3.16. The van der Waals surface area contributed by atoms with Crippen LogP contribution in [0.2, 0.25) is 0 Å². The van der Waals surface area contributed by atoms with Gasteiger partial charge in [0.25, 0.3) is 0 Å². The van der Waals surface area contributed by atoms with Crippen molar-refractivity contribution in [2.75, 3.05) is 31.1 Å². The van der Waals surface area contributed by atoms with E-state index in [0.29, 0.717) is 6.10 Å². The van der Waals surface area contributed by atoms with Gasteiger partial charge in [0, 0.05) is 6.54 Å². The van der Waals surface area contributed by atoms with Gasteiger partial charge in [-0.3, -0.25) is 0 Å². The molecule has 0 aliphatic carbocycles. The van der Waals surface area contributed by atoms with Crippen molar-refractivity contribution < 1.29 is 4.74 Å². The third kappa shape index (κ3) is 3.39. The van der Waals surface area contributed by atoms with E-state index < -0.39 is 0 Å². The van der Waals surface area contributed by atoms with Crippen molar-refractivity contribution in [1.82, 2.24) is 5.32 Å². The highest BCUT2D eigenvalue weighted by Gasteiger charge is 2.26. The number of hydrogen-bond donors (Lipinski definition) is 1. The van der Waals surface area contributed by atoms with E-state index in [-0.39, 0.29) is 12.4 Å². The van der Waals surface area contributed by atoms with Gasteiger partial charge in [-0.25, -0.2) is 0 Å². The first kappa shape index (κ1) is 15.5. The van der Waals surface area contributed by atoms with Gasteiger partial charge in [-0.15, -0.1) is 12.4 Å². The van der Waals surface area contributed by atoms with Gasteiger partial charge in [0.1, 0.15) is 11.9 Å². The van der Waals surface area contributed by atoms with Crippen LogP contribution >= 0.6 is 12.4 Å². The fraction of sp³-hybridized carbons (Fsp3) is 0.625. The van der Waals surface area contributed by atoms with Crippen LogP contribution in [0.15, 0.2) is 24.3 Å². The molecule has 0 spiro atoms. The molecule has 2 unspecified atom stereocenters. The Morgan fingerprint density at radius 3 is 2.95 bits per heavy atom.